The van der Waals surface area contributed by atoms with E-state index in [4.69, 9.17) is 0 Å². The Morgan fingerprint density at radius 2 is 1.46 bits per heavy atom. The van der Waals surface area contributed by atoms with Gasteiger partial charge in [0.1, 0.15) is 11.5 Å². The van der Waals surface area contributed by atoms with Crippen molar-refractivity contribution >= 4 is 11.9 Å². The maximum atomic E-state index is 12.4. The van der Waals surface area contributed by atoms with Crippen molar-refractivity contribution in [3.8, 4) is 11.5 Å². The van der Waals surface area contributed by atoms with E-state index in [1.54, 1.807) is 30.3 Å². The maximum absolute atomic E-state index is 12.4. The van der Waals surface area contributed by atoms with Crippen LogP contribution in [0.1, 0.15) is 15.9 Å². The van der Waals surface area contributed by atoms with E-state index in [0.717, 1.165) is 24.3 Å². The summed E-state index contributed by atoms with van der Waals surface area (Å²) in [6.07, 6.45) is -6.76. The summed E-state index contributed by atoms with van der Waals surface area (Å²) in [7, 11) is 0. The largest absolute Gasteiger partial charge is 0.484 e. The number of carbonyl (C=O) groups is 1. The highest BCUT2D eigenvalue weighted by Crippen LogP contribution is 2.28. The first-order chi connectivity index (χ1) is 13.0. The zero-order valence-corrected chi connectivity index (χ0v) is 14.2. The summed E-state index contributed by atoms with van der Waals surface area (Å²) in [4.78, 5) is 12.4. The number of hydrogen-bond donors (Lipinski definition) is 0. The van der Waals surface area contributed by atoms with Crippen molar-refractivity contribution in [2.45, 2.75) is 12.4 Å². The highest BCUT2D eigenvalue weighted by molar-refractivity contribution is 6.08. The molecule has 0 N–H and O–H groups in total. The van der Waals surface area contributed by atoms with Crippen LogP contribution >= 0.6 is 0 Å². The highest BCUT2D eigenvalue weighted by Gasteiger charge is 2.30. The Kier molecular flexibility index (Phi) is 6.71. The van der Waals surface area contributed by atoms with Gasteiger partial charge in [0, 0.05) is 0 Å². The number of allylic oxidation sites excluding steroid dienone is 1. The predicted molar refractivity (Wildman–Crippen MR) is 89.3 cm³/mol. The van der Waals surface area contributed by atoms with Crippen molar-refractivity contribution in [1.82, 2.24) is 0 Å². The minimum atomic E-state index is -4.65. The third kappa shape index (κ3) is 7.34. The molecule has 28 heavy (non-hydrogen) atoms. The molecule has 0 amide bonds. The van der Waals surface area contributed by atoms with Crippen LogP contribution < -0.4 is 9.47 Å². The van der Waals surface area contributed by atoms with Crippen LogP contribution in [0.25, 0.3) is 6.08 Å². The maximum Gasteiger partial charge on any atom is 0.422 e. The molecule has 0 spiro atoms. The summed E-state index contributed by atoms with van der Waals surface area (Å²) in [6, 6.07) is 11.4. The standard InChI is InChI=1S/C19H14F6O3/c20-18(21,22)11-27-14-7-9-17(28-12-19(23,24)25)15(10-14)16(26)8-6-13-4-2-1-3-5-13/h1-10H,11-12H2/b8-6+. The van der Waals surface area contributed by atoms with Gasteiger partial charge in [-0.2, -0.15) is 26.3 Å². The first-order valence-electron chi connectivity index (χ1n) is 7.84. The second-order valence-corrected chi connectivity index (χ2v) is 5.57. The normalized spacial score (nSPS) is 12.2. The molecule has 0 unspecified atom stereocenters. The summed E-state index contributed by atoms with van der Waals surface area (Å²) in [5.74, 6) is -1.49. The number of benzene rings is 2. The lowest BCUT2D eigenvalue weighted by atomic mass is 10.1. The third-order valence-corrected chi connectivity index (χ3v) is 3.24. The SMILES string of the molecule is O=C(/C=C/c1ccccc1)c1cc(OCC(F)(F)F)ccc1OCC(F)(F)F. The van der Waals surface area contributed by atoms with E-state index in [0.29, 0.717) is 5.56 Å². The first kappa shape index (κ1) is 21.3. The van der Waals surface area contributed by atoms with Crippen LogP contribution in [0.3, 0.4) is 0 Å². The Morgan fingerprint density at radius 3 is 2.07 bits per heavy atom. The molecule has 0 heterocycles. The van der Waals surface area contributed by atoms with Gasteiger partial charge in [-0.1, -0.05) is 36.4 Å². The summed E-state index contributed by atoms with van der Waals surface area (Å²) < 4.78 is 83.2. The Bertz CT molecular complexity index is 826. The van der Waals surface area contributed by atoms with Gasteiger partial charge in [-0.15, -0.1) is 0 Å². The van der Waals surface area contributed by atoms with Gasteiger partial charge in [0.15, 0.2) is 19.0 Å². The minimum Gasteiger partial charge on any atom is -0.484 e. The quantitative estimate of drug-likeness (QED) is 0.349. The number of rotatable bonds is 7. The van der Waals surface area contributed by atoms with E-state index in [2.05, 4.69) is 9.47 Å². The molecule has 3 nitrogen and oxygen atoms in total. The van der Waals surface area contributed by atoms with E-state index in [1.165, 1.54) is 6.08 Å². The fraction of sp³-hybridized carbons (Fsp3) is 0.211. The first-order valence-corrected chi connectivity index (χ1v) is 7.84. The molecule has 2 aromatic rings. The second-order valence-electron chi connectivity index (χ2n) is 5.57. The van der Waals surface area contributed by atoms with Gasteiger partial charge in [0.05, 0.1) is 5.56 Å². The molecule has 0 aliphatic heterocycles. The molecule has 150 valence electrons. The number of carbonyl (C=O) groups excluding carboxylic acids is 1. The van der Waals surface area contributed by atoms with Crippen molar-refractivity contribution in [1.29, 1.82) is 0 Å². The summed E-state index contributed by atoms with van der Waals surface area (Å²) in [6.45, 7) is -3.26. The van der Waals surface area contributed by atoms with Crippen LogP contribution in [0.15, 0.2) is 54.6 Å². The van der Waals surface area contributed by atoms with Crippen LogP contribution in [0.4, 0.5) is 26.3 Å². The van der Waals surface area contributed by atoms with Crippen LogP contribution in [0.2, 0.25) is 0 Å². The van der Waals surface area contributed by atoms with Gasteiger partial charge in [0.25, 0.3) is 0 Å². The predicted octanol–water partition coefficient (Wildman–Crippen LogP) is 5.46. The van der Waals surface area contributed by atoms with E-state index in [9.17, 15) is 31.1 Å². The van der Waals surface area contributed by atoms with Crippen molar-refractivity contribution in [2.24, 2.45) is 0 Å². The smallest absolute Gasteiger partial charge is 0.422 e. The lowest BCUT2D eigenvalue weighted by Gasteiger charge is -2.14. The van der Waals surface area contributed by atoms with Crippen LogP contribution in [-0.4, -0.2) is 31.3 Å². The van der Waals surface area contributed by atoms with Gasteiger partial charge in [-0.05, 0) is 29.8 Å². The van der Waals surface area contributed by atoms with Crippen LogP contribution in [0, 0.1) is 0 Å². The number of hydrogen-bond acceptors (Lipinski definition) is 3. The molecule has 2 rings (SSSR count). The molecule has 2 aromatic carbocycles. The van der Waals surface area contributed by atoms with Crippen molar-refractivity contribution < 1.29 is 40.6 Å². The molecule has 0 fully saturated rings. The fourth-order valence-electron chi connectivity index (χ4n) is 2.07. The number of ketones is 1. The molecule has 0 aliphatic carbocycles. The molecule has 0 saturated heterocycles. The van der Waals surface area contributed by atoms with Gasteiger partial charge < -0.3 is 9.47 Å². The van der Waals surface area contributed by atoms with Crippen molar-refractivity contribution in [3.05, 3.63) is 65.7 Å². The van der Waals surface area contributed by atoms with Crippen LogP contribution in [0.5, 0.6) is 11.5 Å². The Labute approximate surface area is 156 Å². The fourth-order valence-corrected chi connectivity index (χ4v) is 2.07. The topological polar surface area (TPSA) is 35.5 Å². The van der Waals surface area contributed by atoms with Gasteiger partial charge in [-0.3, -0.25) is 4.79 Å². The lowest BCUT2D eigenvalue weighted by molar-refractivity contribution is -0.154. The zero-order chi connectivity index (χ0) is 20.8. The zero-order valence-electron chi connectivity index (χ0n) is 14.2. The van der Waals surface area contributed by atoms with E-state index < -0.39 is 37.1 Å². The summed E-state index contributed by atoms with van der Waals surface area (Å²) in [5.41, 5.74) is 0.300. The van der Waals surface area contributed by atoms with E-state index in [1.807, 2.05) is 0 Å². The van der Waals surface area contributed by atoms with Gasteiger partial charge in [-0.25, -0.2) is 0 Å². The molecule has 9 heteroatoms. The molecule has 0 bridgehead atoms. The Hall–Kier alpha value is -2.97. The molecule has 0 aliphatic rings. The van der Waals surface area contributed by atoms with Crippen LogP contribution in [-0.2, 0) is 0 Å². The molecular weight excluding hydrogens is 390 g/mol. The molecule has 0 aromatic heterocycles. The Morgan fingerprint density at radius 1 is 0.857 bits per heavy atom. The van der Waals surface area contributed by atoms with Gasteiger partial charge >= 0.3 is 12.4 Å². The molecule has 0 saturated carbocycles. The number of halogens is 6. The van der Waals surface area contributed by atoms with Crippen molar-refractivity contribution in [2.75, 3.05) is 13.2 Å². The minimum absolute atomic E-state index is 0.326. The second kappa shape index (κ2) is 8.81. The monoisotopic (exact) mass is 404 g/mol. The average Bonchev–Trinajstić information content (AvgIpc) is 2.62. The molecular formula is C19H14F6O3. The average molecular weight is 404 g/mol. The summed E-state index contributed by atoms with van der Waals surface area (Å²) in [5, 5.41) is 0. The van der Waals surface area contributed by atoms with Gasteiger partial charge in [0.2, 0.25) is 0 Å². The summed E-state index contributed by atoms with van der Waals surface area (Å²) >= 11 is 0. The highest BCUT2D eigenvalue weighted by atomic mass is 19.4. The van der Waals surface area contributed by atoms with Crippen molar-refractivity contribution in [3.63, 3.8) is 0 Å². The van der Waals surface area contributed by atoms with E-state index >= 15 is 0 Å². The Balaban J connectivity index is 2.27. The third-order valence-electron chi connectivity index (χ3n) is 3.24. The molecule has 0 radical (unpaired) electrons. The van der Waals surface area contributed by atoms with E-state index in [-0.39, 0.29) is 11.3 Å². The number of alkyl halides is 6. The number of ether oxygens (including phenoxy) is 2. The lowest BCUT2D eigenvalue weighted by Crippen LogP contribution is -2.21. The molecule has 0 atom stereocenters.